The van der Waals surface area contributed by atoms with Gasteiger partial charge in [0.2, 0.25) is 0 Å². The van der Waals surface area contributed by atoms with Crippen LogP contribution in [0.5, 0.6) is 0 Å². The molecule has 5 heteroatoms. The number of hydrogen-bond acceptors (Lipinski definition) is 5. The Morgan fingerprint density at radius 3 is 3.06 bits per heavy atom. The van der Waals surface area contributed by atoms with E-state index in [1.165, 1.54) is 12.8 Å². The number of hydrogen-bond donors (Lipinski definition) is 1. The van der Waals surface area contributed by atoms with Crippen LogP contribution in [0.4, 0.5) is 0 Å². The summed E-state index contributed by atoms with van der Waals surface area (Å²) in [5, 5.41) is 13.9. The lowest BCUT2D eigenvalue weighted by atomic mass is 10.2. The molecule has 2 aromatic heterocycles. The molecule has 4 nitrogen and oxygen atoms in total. The number of nitrogens with one attached hydrogen (secondary N) is 1. The molecule has 0 atom stereocenters. The van der Waals surface area contributed by atoms with Gasteiger partial charge >= 0.3 is 0 Å². The molecule has 1 aliphatic carbocycles. The molecule has 1 fully saturated rings. The summed E-state index contributed by atoms with van der Waals surface area (Å²) in [6.07, 6.45) is 4.40. The van der Waals surface area contributed by atoms with Crippen LogP contribution in [0.1, 0.15) is 23.5 Å². The first kappa shape index (κ1) is 10.8. The first-order valence-electron chi connectivity index (χ1n) is 5.80. The highest BCUT2D eigenvalue weighted by Crippen LogP contribution is 2.26. The van der Waals surface area contributed by atoms with Crippen LogP contribution in [0.25, 0.3) is 10.6 Å². The van der Waals surface area contributed by atoms with Crippen LogP contribution in [0, 0.1) is 6.92 Å². The molecule has 1 aliphatic rings. The molecular weight excluding hydrogens is 232 g/mol. The van der Waals surface area contributed by atoms with Crippen LogP contribution in [-0.2, 0) is 6.54 Å². The van der Waals surface area contributed by atoms with Gasteiger partial charge in [-0.25, -0.2) is 0 Å². The zero-order chi connectivity index (χ0) is 11.7. The number of aryl methyl sites for hydroxylation is 1. The maximum atomic E-state index is 4.27. The fourth-order valence-electron chi connectivity index (χ4n) is 1.66. The minimum atomic E-state index is 0.711. The largest absolute Gasteiger partial charge is 0.308 e. The summed E-state index contributed by atoms with van der Waals surface area (Å²) in [6.45, 7) is 2.83. The summed E-state index contributed by atoms with van der Waals surface area (Å²) in [4.78, 5) is 4.27. The average molecular weight is 246 g/mol. The van der Waals surface area contributed by atoms with E-state index in [2.05, 4.69) is 20.5 Å². The Hall–Kier alpha value is -1.33. The highest BCUT2D eigenvalue weighted by Gasteiger charge is 2.20. The molecule has 88 valence electrons. The van der Waals surface area contributed by atoms with Gasteiger partial charge in [-0.2, -0.15) is 0 Å². The van der Waals surface area contributed by atoms with Crippen molar-refractivity contribution in [2.24, 2.45) is 0 Å². The lowest BCUT2D eigenvalue weighted by Gasteiger charge is -1.98. The van der Waals surface area contributed by atoms with E-state index in [1.54, 1.807) is 17.5 Å². The van der Waals surface area contributed by atoms with Gasteiger partial charge in [0.05, 0.1) is 0 Å². The van der Waals surface area contributed by atoms with Crippen molar-refractivity contribution in [3.8, 4) is 10.6 Å². The molecular formula is C12H14N4S. The second kappa shape index (κ2) is 4.50. The molecule has 0 aliphatic heterocycles. The summed E-state index contributed by atoms with van der Waals surface area (Å²) >= 11 is 1.65. The van der Waals surface area contributed by atoms with Crippen LogP contribution in [-0.4, -0.2) is 21.2 Å². The van der Waals surface area contributed by atoms with Gasteiger partial charge in [0.25, 0.3) is 0 Å². The molecule has 3 rings (SSSR count). The predicted molar refractivity (Wildman–Crippen MR) is 67.7 cm³/mol. The van der Waals surface area contributed by atoms with Crippen LogP contribution >= 0.6 is 11.3 Å². The van der Waals surface area contributed by atoms with Crippen LogP contribution < -0.4 is 5.32 Å². The normalized spacial score (nSPS) is 15.1. The van der Waals surface area contributed by atoms with Gasteiger partial charge in [0.15, 0.2) is 0 Å². The van der Waals surface area contributed by atoms with E-state index in [0.29, 0.717) is 6.04 Å². The molecule has 0 bridgehead atoms. The molecule has 0 aromatic carbocycles. The average Bonchev–Trinajstić information content (AvgIpc) is 3.06. The first-order chi connectivity index (χ1) is 8.33. The molecule has 2 heterocycles. The zero-order valence-corrected chi connectivity index (χ0v) is 10.5. The third kappa shape index (κ3) is 2.50. The summed E-state index contributed by atoms with van der Waals surface area (Å²) in [7, 11) is 0. The van der Waals surface area contributed by atoms with Crippen molar-refractivity contribution >= 4 is 11.3 Å². The Bertz CT molecular complexity index is 519. The van der Waals surface area contributed by atoms with Crippen molar-refractivity contribution in [1.29, 1.82) is 0 Å². The Kier molecular flexibility index (Phi) is 2.86. The quantitative estimate of drug-likeness (QED) is 0.898. The minimum absolute atomic E-state index is 0.711. The molecule has 1 N–H and O–H groups in total. The Balaban J connectivity index is 1.77. The Morgan fingerprint density at radius 1 is 1.41 bits per heavy atom. The van der Waals surface area contributed by atoms with Crippen molar-refractivity contribution in [3.63, 3.8) is 0 Å². The second-order valence-electron chi connectivity index (χ2n) is 4.29. The summed E-state index contributed by atoms with van der Waals surface area (Å²) in [6, 6.07) is 4.69. The number of aromatic nitrogens is 3. The molecule has 0 saturated heterocycles. The van der Waals surface area contributed by atoms with E-state index in [-0.39, 0.29) is 0 Å². The predicted octanol–water partition coefficient (Wildman–Crippen LogP) is 2.16. The second-order valence-corrected chi connectivity index (χ2v) is 5.35. The molecule has 0 amide bonds. The van der Waals surface area contributed by atoms with E-state index in [0.717, 1.165) is 27.8 Å². The number of rotatable bonds is 4. The summed E-state index contributed by atoms with van der Waals surface area (Å²) in [5.41, 5.74) is 2.09. The van der Waals surface area contributed by atoms with Gasteiger partial charge < -0.3 is 5.32 Å². The van der Waals surface area contributed by atoms with Crippen molar-refractivity contribution < 1.29 is 0 Å². The van der Waals surface area contributed by atoms with Crippen molar-refractivity contribution in [2.45, 2.75) is 32.4 Å². The lowest BCUT2D eigenvalue weighted by molar-refractivity contribution is 0.679. The van der Waals surface area contributed by atoms with Crippen molar-refractivity contribution in [1.82, 2.24) is 20.5 Å². The van der Waals surface area contributed by atoms with E-state index in [1.807, 2.05) is 19.1 Å². The molecule has 0 unspecified atom stereocenters. The fraction of sp³-hybridized carbons (Fsp3) is 0.417. The molecule has 0 spiro atoms. The van der Waals surface area contributed by atoms with Gasteiger partial charge in [-0.15, -0.1) is 10.2 Å². The zero-order valence-electron chi connectivity index (χ0n) is 9.68. The standard InChI is InChI=1S/C12H14N4S/c1-8-10(3-2-6-13-8)12-16-15-11(17-12)7-14-9-4-5-9/h2-3,6,9,14H,4-5,7H2,1H3. The van der Waals surface area contributed by atoms with Gasteiger partial charge in [-0.05, 0) is 31.9 Å². The topological polar surface area (TPSA) is 50.7 Å². The van der Waals surface area contributed by atoms with Crippen molar-refractivity contribution in [2.75, 3.05) is 0 Å². The minimum Gasteiger partial charge on any atom is -0.308 e. The number of nitrogens with zero attached hydrogens (tertiary/aromatic N) is 3. The molecule has 2 aromatic rings. The summed E-state index contributed by atoms with van der Waals surface area (Å²) in [5.74, 6) is 0. The molecule has 1 saturated carbocycles. The first-order valence-corrected chi connectivity index (χ1v) is 6.62. The monoisotopic (exact) mass is 246 g/mol. The van der Waals surface area contributed by atoms with Gasteiger partial charge in [0.1, 0.15) is 10.0 Å². The summed E-state index contributed by atoms with van der Waals surface area (Å²) < 4.78 is 0. The fourth-order valence-corrected chi connectivity index (χ4v) is 2.53. The maximum Gasteiger partial charge on any atom is 0.149 e. The van der Waals surface area contributed by atoms with Crippen molar-refractivity contribution in [3.05, 3.63) is 29.0 Å². The van der Waals surface area contributed by atoms with E-state index < -0.39 is 0 Å². The lowest BCUT2D eigenvalue weighted by Crippen LogP contribution is -2.14. The highest BCUT2D eigenvalue weighted by atomic mass is 32.1. The van der Waals surface area contributed by atoms with Gasteiger partial charge in [-0.1, -0.05) is 11.3 Å². The third-order valence-corrected chi connectivity index (χ3v) is 3.78. The Labute approximate surface area is 104 Å². The van der Waals surface area contributed by atoms with Crippen LogP contribution in [0.3, 0.4) is 0 Å². The van der Waals surface area contributed by atoms with Gasteiger partial charge in [0, 0.05) is 30.0 Å². The number of pyridine rings is 1. The SMILES string of the molecule is Cc1ncccc1-c1nnc(CNC2CC2)s1. The van der Waals surface area contributed by atoms with Gasteiger partial charge in [-0.3, -0.25) is 4.98 Å². The molecule has 0 radical (unpaired) electrons. The van der Waals surface area contributed by atoms with E-state index in [9.17, 15) is 0 Å². The smallest absolute Gasteiger partial charge is 0.149 e. The third-order valence-electron chi connectivity index (χ3n) is 2.82. The maximum absolute atomic E-state index is 4.27. The molecule has 17 heavy (non-hydrogen) atoms. The highest BCUT2D eigenvalue weighted by molar-refractivity contribution is 7.14. The Morgan fingerprint density at radius 2 is 2.29 bits per heavy atom. The van der Waals surface area contributed by atoms with E-state index >= 15 is 0 Å². The van der Waals surface area contributed by atoms with Crippen LogP contribution in [0.15, 0.2) is 18.3 Å². The van der Waals surface area contributed by atoms with E-state index in [4.69, 9.17) is 0 Å². The van der Waals surface area contributed by atoms with Crippen LogP contribution in [0.2, 0.25) is 0 Å².